The molecule has 2 aromatic carbocycles. The van der Waals surface area contributed by atoms with E-state index in [9.17, 15) is 37.2 Å². The number of nitrogens with zero attached hydrogens (tertiary/aromatic N) is 5. The average molecular weight is 616 g/mol. The molecule has 2 fully saturated rings. The highest BCUT2D eigenvalue weighted by molar-refractivity contribution is 6.31. The van der Waals surface area contributed by atoms with Crippen LogP contribution in [0.1, 0.15) is 30.1 Å². The van der Waals surface area contributed by atoms with Crippen LogP contribution < -0.4 is 20.4 Å². The Hall–Kier alpha value is -4.61. The molecule has 3 aromatic rings. The summed E-state index contributed by atoms with van der Waals surface area (Å²) in [6.07, 6.45) is -0.0678. The smallest absolute Gasteiger partial charge is 0.252 e. The predicted octanol–water partition coefficient (Wildman–Crippen LogP) is 3.27. The van der Waals surface area contributed by atoms with Crippen LogP contribution in [0.15, 0.2) is 54.7 Å². The fourth-order valence-electron chi connectivity index (χ4n) is 5.02. The van der Waals surface area contributed by atoms with Gasteiger partial charge < -0.3 is 10.6 Å². The number of anilines is 2. The second-order valence-corrected chi connectivity index (χ2v) is 10.4. The molecule has 0 spiro atoms. The van der Waals surface area contributed by atoms with Crippen molar-refractivity contribution in [3.8, 4) is 6.07 Å². The highest BCUT2D eigenvalue weighted by Crippen LogP contribution is 2.39. The van der Waals surface area contributed by atoms with Gasteiger partial charge in [0.1, 0.15) is 35.5 Å². The largest absolute Gasteiger partial charge is 0.351 e. The van der Waals surface area contributed by atoms with Crippen molar-refractivity contribution in [2.75, 3.05) is 22.9 Å². The number of nitriles is 1. The number of carbonyl (C=O) groups excluding carboxylic acids is 3. The lowest BCUT2D eigenvalue weighted by molar-refractivity contribution is -0.133. The predicted molar refractivity (Wildman–Crippen MR) is 145 cm³/mol. The molecule has 0 radical (unpaired) electrons. The zero-order chi connectivity index (χ0) is 30.9. The Labute approximate surface area is 247 Å². The van der Waals surface area contributed by atoms with Crippen LogP contribution in [0.2, 0.25) is 5.02 Å². The van der Waals surface area contributed by atoms with E-state index in [-0.39, 0.29) is 35.3 Å². The van der Waals surface area contributed by atoms with Gasteiger partial charge in [0.2, 0.25) is 17.8 Å². The Morgan fingerprint density at radius 1 is 1.16 bits per heavy atom. The number of hydrogen-bond acceptors (Lipinski definition) is 7. The number of piperazine rings is 1. The van der Waals surface area contributed by atoms with E-state index in [1.165, 1.54) is 30.5 Å². The fraction of sp³-hybridized carbons (Fsp3) is 0.286. The quantitative estimate of drug-likeness (QED) is 0.390. The van der Waals surface area contributed by atoms with Gasteiger partial charge in [0, 0.05) is 48.3 Å². The number of alkyl halides is 2. The van der Waals surface area contributed by atoms with E-state index >= 15 is 0 Å². The molecule has 0 bridgehead atoms. The third kappa shape index (κ3) is 6.27. The zero-order valence-corrected chi connectivity index (χ0v) is 22.9. The van der Waals surface area contributed by atoms with Crippen molar-refractivity contribution in [1.82, 2.24) is 20.6 Å². The summed E-state index contributed by atoms with van der Waals surface area (Å²) < 4.78 is 56.4. The molecule has 2 N–H and O–H groups in total. The molecule has 1 saturated heterocycles. The highest BCUT2D eigenvalue weighted by atomic mass is 35.5. The van der Waals surface area contributed by atoms with Gasteiger partial charge in [0.25, 0.3) is 11.8 Å². The number of aromatic nitrogens is 2. The van der Waals surface area contributed by atoms with Crippen molar-refractivity contribution in [2.24, 2.45) is 0 Å². The van der Waals surface area contributed by atoms with E-state index in [4.69, 9.17) is 11.6 Å². The van der Waals surface area contributed by atoms with Crippen molar-refractivity contribution in [3.05, 3.63) is 82.6 Å². The van der Waals surface area contributed by atoms with E-state index in [0.717, 1.165) is 21.9 Å². The molecule has 1 saturated carbocycles. The lowest BCUT2D eigenvalue weighted by Gasteiger charge is -2.41. The Bertz CT molecular complexity index is 1610. The van der Waals surface area contributed by atoms with Gasteiger partial charge in [0.15, 0.2) is 0 Å². The van der Waals surface area contributed by atoms with Crippen molar-refractivity contribution < 1.29 is 31.9 Å². The molecule has 1 aliphatic carbocycles. The molecule has 2 atom stereocenters. The van der Waals surface area contributed by atoms with Gasteiger partial charge in [-0.3, -0.25) is 24.2 Å². The van der Waals surface area contributed by atoms with Gasteiger partial charge in [-0.05, 0) is 24.3 Å². The minimum Gasteiger partial charge on any atom is -0.351 e. The van der Waals surface area contributed by atoms with Crippen molar-refractivity contribution >= 4 is 41.0 Å². The first-order valence-electron chi connectivity index (χ1n) is 12.9. The summed E-state index contributed by atoms with van der Waals surface area (Å²) in [7, 11) is 0. The van der Waals surface area contributed by atoms with Crippen molar-refractivity contribution in [3.63, 3.8) is 0 Å². The standard InChI is InChI=1S/C28H22ClF4N7O3/c29-21-4-2-1-3-20(21)24(25(42)37-18-10-28(32,33)11-18)39(19-8-15(30)7-16(31)9-19)26(43)22-13-35-14-23(41)40(22)27-36-6-5-17(12-34)38-27/h1-9,18,22,24,35H,10-11,13-14H2,(H,37,42)/t22-,24?/m0/s1. The van der Waals surface area contributed by atoms with Crippen molar-refractivity contribution in [1.29, 1.82) is 5.26 Å². The van der Waals surface area contributed by atoms with Crippen LogP contribution >= 0.6 is 11.6 Å². The summed E-state index contributed by atoms with van der Waals surface area (Å²) in [5.74, 6) is -8.04. The molecule has 1 aromatic heterocycles. The van der Waals surface area contributed by atoms with Crippen LogP contribution in [0.25, 0.3) is 0 Å². The van der Waals surface area contributed by atoms with Crippen LogP contribution in [-0.4, -0.2) is 58.8 Å². The third-order valence-corrected chi connectivity index (χ3v) is 7.30. The van der Waals surface area contributed by atoms with Gasteiger partial charge in [-0.15, -0.1) is 0 Å². The molecule has 3 amide bonds. The van der Waals surface area contributed by atoms with Gasteiger partial charge in [-0.1, -0.05) is 29.8 Å². The first kappa shape index (κ1) is 29.9. The minimum atomic E-state index is -2.98. The third-order valence-electron chi connectivity index (χ3n) is 6.96. The number of benzene rings is 2. The second-order valence-electron chi connectivity index (χ2n) is 9.99. The summed E-state index contributed by atoms with van der Waals surface area (Å²) in [4.78, 5) is 51.2. The maximum absolute atomic E-state index is 14.6. The first-order valence-corrected chi connectivity index (χ1v) is 13.3. The zero-order valence-electron chi connectivity index (χ0n) is 22.1. The summed E-state index contributed by atoms with van der Waals surface area (Å²) >= 11 is 6.44. The average Bonchev–Trinajstić information content (AvgIpc) is 2.94. The molecule has 10 nitrogen and oxygen atoms in total. The topological polar surface area (TPSA) is 131 Å². The van der Waals surface area contributed by atoms with Crippen LogP contribution in [-0.2, 0) is 14.4 Å². The maximum atomic E-state index is 14.6. The molecule has 1 aliphatic heterocycles. The van der Waals surface area contributed by atoms with Gasteiger partial charge in [-0.25, -0.2) is 27.5 Å². The SMILES string of the molecule is N#Cc1ccnc(N2C(=O)CNC[C@H]2C(=O)N(c2cc(F)cc(F)c2)C(C(=O)NC2CC(F)(F)C2)c2ccccc2Cl)n1. The van der Waals surface area contributed by atoms with Crippen LogP contribution in [0.5, 0.6) is 0 Å². The van der Waals surface area contributed by atoms with E-state index in [0.29, 0.717) is 6.07 Å². The van der Waals surface area contributed by atoms with Crippen LogP contribution in [0.4, 0.5) is 29.2 Å². The Morgan fingerprint density at radius 3 is 2.51 bits per heavy atom. The van der Waals surface area contributed by atoms with E-state index in [1.807, 2.05) is 6.07 Å². The Kier molecular flexibility index (Phi) is 8.30. The maximum Gasteiger partial charge on any atom is 0.252 e. The van der Waals surface area contributed by atoms with E-state index in [1.54, 1.807) is 6.07 Å². The number of nitrogens with one attached hydrogen (secondary N) is 2. The van der Waals surface area contributed by atoms with E-state index < -0.39 is 71.9 Å². The van der Waals surface area contributed by atoms with Crippen LogP contribution in [0, 0.1) is 23.0 Å². The first-order chi connectivity index (χ1) is 20.5. The van der Waals surface area contributed by atoms with Crippen molar-refractivity contribution in [2.45, 2.75) is 36.9 Å². The molecular weight excluding hydrogens is 594 g/mol. The summed E-state index contributed by atoms with van der Waals surface area (Å²) in [6.45, 7) is -0.437. The molecule has 5 rings (SSSR count). The summed E-state index contributed by atoms with van der Waals surface area (Å²) in [5, 5.41) is 14.6. The van der Waals surface area contributed by atoms with Crippen LogP contribution in [0.3, 0.4) is 0 Å². The number of halogens is 5. The normalized spacial score (nSPS) is 18.7. The fourth-order valence-corrected chi connectivity index (χ4v) is 5.26. The molecular formula is C28H22ClF4N7O3. The number of rotatable bonds is 7. The Balaban J connectivity index is 1.65. The lowest BCUT2D eigenvalue weighted by atomic mass is 9.87. The molecule has 222 valence electrons. The van der Waals surface area contributed by atoms with Gasteiger partial charge in [0.05, 0.1) is 12.2 Å². The molecule has 2 heterocycles. The summed E-state index contributed by atoms with van der Waals surface area (Å²) in [6, 6.07) is 7.03. The number of carbonyl (C=O) groups is 3. The highest BCUT2D eigenvalue weighted by Gasteiger charge is 2.48. The summed E-state index contributed by atoms with van der Waals surface area (Å²) in [5.41, 5.74) is -0.487. The second kappa shape index (κ2) is 11.9. The number of amides is 3. The van der Waals surface area contributed by atoms with Gasteiger partial charge in [-0.2, -0.15) is 5.26 Å². The molecule has 43 heavy (non-hydrogen) atoms. The molecule has 2 aliphatic rings. The Morgan fingerprint density at radius 2 is 1.86 bits per heavy atom. The lowest BCUT2D eigenvalue weighted by Crippen LogP contribution is -2.63. The number of hydrogen-bond donors (Lipinski definition) is 2. The molecule has 15 heteroatoms. The molecule has 1 unspecified atom stereocenters. The monoisotopic (exact) mass is 615 g/mol. The minimum absolute atomic E-state index is 0.00368. The van der Waals surface area contributed by atoms with E-state index in [2.05, 4.69) is 20.6 Å². The van der Waals surface area contributed by atoms with Gasteiger partial charge >= 0.3 is 0 Å².